The normalized spacial score (nSPS) is 12.8. The molecule has 2 rings (SSSR count). The Bertz CT molecular complexity index is 701. The highest BCUT2D eigenvalue weighted by atomic mass is 32.2. The molecule has 0 aromatic heterocycles. The molecule has 4 nitrogen and oxygen atoms in total. The summed E-state index contributed by atoms with van der Waals surface area (Å²) in [5.74, 6) is -0.111. The van der Waals surface area contributed by atoms with E-state index in [1.165, 1.54) is 0 Å². The minimum absolute atomic E-state index is 0.0952. The van der Waals surface area contributed by atoms with Gasteiger partial charge in [0.25, 0.3) is 0 Å². The van der Waals surface area contributed by atoms with E-state index in [9.17, 15) is 8.42 Å². The zero-order chi connectivity index (χ0) is 15.3. The first kappa shape index (κ1) is 15.6. The van der Waals surface area contributed by atoms with Crippen molar-refractivity contribution in [1.82, 2.24) is 4.72 Å². The minimum Gasteiger partial charge on any atom is -0.392 e. The molecule has 1 atom stereocenters. The van der Waals surface area contributed by atoms with Crippen molar-refractivity contribution in [2.24, 2.45) is 5.73 Å². The van der Waals surface area contributed by atoms with Crippen molar-refractivity contribution >= 4 is 27.2 Å². The highest BCUT2D eigenvalue weighted by molar-refractivity contribution is 7.88. The number of sulfonamides is 1. The summed E-state index contributed by atoms with van der Waals surface area (Å²) in [6, 6.07) is 17.3. The fraction of sp³-hybridized carbons (Fsp3) is 0.133. The van der Waals surface area contributed by atoms with Gasteiger partial charge in [-0.05, 0) is 11.1 Å². The maximum absolute atomic E-state index is 12.3. The van der Waals surface area contributed by atoms with Gasteiger partial charge in [-0.1, -0.05) is 72.9 Å². The number of benzene rings is 2. The van der Waals surface area contributed by atoms with Crippen molar-refractivity contribution in [1.29, 1.82) is 0 Å². The summed E-state index contributed by atoms with van der Waals surface area (Å²) in [5.41, 5.74) is 7.11. The van der Waals surface area contributed by atoms with Gasteiger partial charge in [-0.3, -0.25) is 0 Å². The molecule has 110 valence electrons. The van der Waals surface area contributed by atoms with Gasteiger partial charge in [0.05, 0.1) is 16.8 Å². The van der Waals surface area contributed by atoms with Crippen molar-refractivity contribution in [3.63, 3.8) is 0 Å². The third-order valence-corrected chi connectivity index (χ3v) is 4.46. The van der Waals surface area contributed by atoms with Crippen LogP contribution in [-0.4, -0.2) is 13.4 Å². The zero-order valence-corrected chi connectivity index (χ0v) is 12.9. The average molecular weight is 320 g/mol. The van der Waals surface area contributed by atoms with Crippen molar-refractivity contribution in [2.45, 2.75) is 11.8 Å². The molecule has 0 fully saturated rings. The third kappa shape index (κ3) is 4.63. The van der Waals surface area contributed by atoms with Crippen LogP contribution in [0.4, 0.5) is 0 Å². The van der Waals surface area contributed by atoms with Crippen molar-refractivity contribution in [2.75, 3.05) is 0 Å². The van der Waals surface area contributed by atoms with E-state index in [0.29, 0.717) is 5.56 Å². The maximum Gasteiger partial charge on any atom is 0.216 e. The maximum atomic E-state index is 12.3. The van der Waals surface area contributed by atoms with E-state index in [1.807, 2.05) is 24.3 Å². The van der Waals surface area contributed by atoms with Crippen LogP contribution in [0, 0.1) is 0 Å². The van der Waals surface area contributed by atoms with Gasteiger partial charge in [-0.25, -0.2) is 13.1 Å². The van der Waals surface area contributed by atoms with E-state index in [-0.39, 0.29) is 10.7 Å². The molecule has 0 bridgehead atoms. The molecule has 3 N–H and O–H groups in total. The topological polar surface area (TPSA) is 72.2 Å². The van der Waals surface area contributed by atoms with Gasteiger partial charge >= 0.3 is 0 Å². The highest BCUT2D eigenvalue weighted by Crippen LogP contribution is 2.15. The lowest BCUT2D eigenvalue weighted by Gasteiger charge is -2.18. The molecular formula is C15H16N2O2S2. The molecule has 0 aliphatic heterocycles. The largest absolute Gasteiger partial charge is 0.392 e. The summed E-state index contributed by atoms with van der Waals surface area (Å²) in [7, 11) is -3.54. The summed E-state index contributed by atoms with van der Waals surface area (Å²) in [5, 5.41) is 0. The highest BCUT2D eigenvalue weighted by Gasteiger charge is 2.21. The van der Waals surface area contributed by atoms with Crippen LogP contribution in [-0.2, 0) is 15.8 Å². The summed E-state index contributed by atoms with van der Waals surface area (Å²) in [6.45, 7) is 0. The Morgan fingerprint density at radius 1 is 1.05 bits per heavy atom. The number of hydrogen-bond donors (Lipinski definition) is 2. The molecule has 2 aromatic carbocycles. The summed E-state index contributed by atoms with van der Waals surface area (Å²) in [4.78, 5) is 0.0952. The van der Waals surface area contributed by atoms with Crippen LogP contribution in [0.15, 0.2) is 60.7 Å². The second-order valence-corrected chi connectivity index (χ2v) is 6.83. The second kappa shape index (κ2) is 6.80. The Balaban J connectivity index is 2.19. The first-order chi connectivity index (χ1) is 9.98. The van der Waals surface area contributed by atoms with Gasteiger partial charge in [0.15, 0.2) is 0 Å². The number of hydrogen-bond acceptors (Lipinski definition) is 3. The molecule has 1 unspecified atom stereocenters. The Labute approximate surface area is 130 Å². The molecule has 0 spiro atoms. The monoisotopic (exact) mass is 320 g/mol. The zero-order valence-electron chi connectivity index (χ0n) is 11.3. The molecule has 0 saturated heterocycles. The third-order valence-electron chi connectivity index (χ3n) is 2.91. The summed E-state index contributed by atoms with van der Waals surface area (Å²) >= 11 is 4.98. The Hall–Kier alpha value is -1.76. The van der Waals surface area contributed by atoms with Gasteiger partial charge in [0, 0.05) is 0 Å². The number of rotatable bonds is 6. The molecule has 0 amide bonds. The smallest absolute Gasteiger partial charge is 0.216 e. The van der Waals surface area contributed by atoms with Crippen LogP contribution in [0.1, 0.15) is 17.2 Å². The van der Waals surface area contributed by atoms with E-state index in [0.717, 1.165) is 5.56 Å². The van der Waals surface area contributed by atoms with Crippen LogP contribution in [0.2, 0.25) is 0 Å². The lowest BCUT2D eigenvalue weighted by atomic mass is 10.1. The first-order valence-corrected chi connectivity index (χ1v) is 8.42. The van der Waals surface area contributed by atoms with Crippen LogP contribution in [0.5, 0.6) is 0 Å². The fourth-order valence-electron chi connectivity index (χ4n) is 1.95. The Morgan fingerprint density at radius 2 is 1.57 bits per heavy atom. The van der Waals surface area contributed by atoms with Gasteiger partial charge < -0.3 is 5.73 Å². The van der Waals surface area contributed by atoms with Crippen molar-refractivity contribution in [3.05, 3.63) is 71.8 Å². The van der Waals surface area contributed by atoms with Crippen LogP contribution in [0.25, 0.3) is 0 Å². The van der Waals surface area contributed by atoms with Crippen LogP contribution < -0.4 is 10.5 Å². The van der Waals surface area contributed by atoms with E-state index in [4.69, 9.17) is 18.0 Å². The van der Waals surface area contributed by atoms with E-state index < -0.39 is 16.1 Å². The Morgan fingerprint density at radius 3 is 2.10 bits per heavy atom. The lowest BCUT2D eigenvalue weighted by Crippen LogP contribution is -2.37. The number of nitrogens with two attached hydrogens (primary N) is 1. The second-order valence-electron chi connectivity index (χ2n) is 4.61. The summed E-state index contributed by atoms with van der Waals surface area (Å²) < 4.78 is 27.1. The average Bonchev–Trinajstić information content (AvgIpc) is 2.46. The SMILES string of the molecule is NC(=S)C(NS(=O)(=O)Cc1ccccc1)c1ccccc1. The molecule has 6 heteroatoms. The van der Waals surface area contributed by atoms with E-state index in [2.05, 4.69) is 4.72 Å². The van der Waals surface area contributed by atoms with Gasteiger partial charge in [-0.15, -0.1) is 0 Å². The molecule has 0 heterocycles. The van der Waals surface area contributed by atoms with E-state index in [1.54, 1.807) is 36.4 Å². The van der Waals surface area contributed by atoms with Gasteiger partial charge in [0.1, 0.15) is 0 Å². The quantitative estimate of drug-likeness (QED) is 0.800. The minimum atomic E-state index is -3.54. The van der Waals surface area contributed by atoms with E-state index >= 15 is 0 Å². The van der Waals surface area contributed by atoms with Crippen molar-refractivity contribution < 1.29 is 8.42 Å². The predicted octanol–water partition coefficient (Wildman–Crippen LogP) is 2.13. The standard InChI is InChI=1S/C15H16N2O2S2/c16-15(20)14(13-9-5-2-6-10-13)17-21(18,19)11-12-7-3-1-4-8-12/h1-10,14,17H,11H2,(H2,16,20). The van der Waals surface area contributed by atoms with Gasteiger partial charge in [0.2, 0.25) is 10.0 Å². The first-order valence-electron chi connectivity index (χ1n) is 6.36. The molecule has 0 aliphatic carbocycles. The Kier molecular flexibility index (Phi) is 5.06. The van der Waals surface area contributed by atoms with Crippen LogP contribution >= 0.6 is 12.2 Å². The summed E-state index contributed by atoms with van der Waals surface area (Å²) in [6.07, 6.45) is 0. The molecule has 21 heavy (non-hydrogen) atoms. The number of thiocarbonyl (C=S) groups is 1. The molecular weight excluding hydrogens is 304 g/mol. The number of nitrogens with one attached hydrogen (secondary N) is 1. The lowest BCUT2D eigenvalue weighted by molar-refractivity contribution is 0.576. The van der Waals surface area contributed by atoms with Gasteiger partial charge in [-0.2, -0.15) is 0 Å². The molecule has 0 radical (unpaired) electrons. The van der Waals surface area contributed by atoms with Crippen LogP contribution in [0.3, 0.4) is 0 Å². The molecule has 0 aliphatic rings. The van der Waals surface area contributed by atoms with Crippen molar-refractivity contribution in [3.8, 4) is 0 Å². The predicted molar refractivity (Wildman–Crippen MR) is 88.2 cm³/mol. The molecule has 0 saturated carbocycles. The molecule has 2 aromatic rings. The fourth-order valence-corrected chi connectivity index (χ4v) is 3.56.